The summed E-state index contributed by atoms with van der Waals surface area (Å²) in [5.74, 6) is 0. The van der Waals surface area contributed by atoms with Crippen molar-refractivity contribution in [1.29, 1.82) is 0 Å². The molecule has 3 nitrogen and oxygen atoms in total. The molecule has 0 bridgehead atoms. The smallest absolute Gasteiger partial charge is 0.254 e. The number of nitrogens with zero attached hydrogens (tertiary/aromatic N) is 2. The van der Waals surface area contributed by atoms with Gasteiger partial charge in [0.1, 0.15) is 0 Å². The van der Waals surface area contributed by atoms with Crippen molar-refractivity contribution in [2.45, 2.75) is 19.9 Å². The Bertz CT molecular complexity index is 306. The van der Waals surface area contributed by atoms with Crippen molar-refractivity contribution < 1.29 is 0 Å². The van der Waals surface area contributed by atoms with Gasteiger partial charge in [0.15, 0.2) is 3.83 Å². The molecule has 0 saturated carbocycles. The molecule has 11 heavy (non-hydrogen) atoms. The second kappa shape index (κ2) is 3.34. The Morgan fingerprint density at radius 2 is 2.27 bits per heavy atom. The van der Waals surface area contributed by atoms with E-state index in [9.17, 15) is 4.79 Å². The minimum Gasteiger partial charge on any atom is -0.286 e. The Kier molecular flexibility index (Phi) is 2.64. The summed E-state index contributed by atoms with van der Waals surface area (Å²) in [5.41, 5.74) is 0.0133. The van der Waals surface area contributed by atoms with Gasteiger partial charge in [0.05, 0.1) is 0 Å². The standard InChI is InChI=1S/C7H9IN2O/c1-5(2)10-6(11)3-4-9-7(10)8/h3-5H,1-2H3. The summed E-state index contributed by atoms with van der Waals surface area (Å²) < 4.78 is 2.39. The van der Waals surface area contributed by atoms with Crippen molar-refractivity contribution in [1.82, 2.24) is 9.55 Å². The summed E-state index contributed by atoms with van der Waals surface area (Å²) in [5, 5.41) is 0. The van der Waals surface area contributed by atoms with E-state index in [1.807, 2.05) is 13.8 Å². The van der Waals surface area contributed by atoms with Gasteiger partial charge in [-0.15, -0.1) is 0 Å². The molecule has 0 spiro atoms. The molecule has 0 aliphatic carbocycles. The van der Waals surface area contributed by atoms with E-state index in [0.717, 1.165) is 3.83 Å². The lowest BCUT2D eigenvalue weighted by molar-refractivity contribution is 0.551. The first kappa shape index (κ1) is 8.70. The highest BCUT2D eigenvalue weighted by Gasteiger charge is 2.03. The number of halogens is 1. The van der Waals surface area contributed by atoms with Crippen LogP contribution in [0.15, 0.2) is 17.1 Å². The van der Waals surface area contributed by atoms with E-state index in [1.165, 1.54) is 12.3 Å². The van der Waals surface area contributed by atoms with Crippen molar-refractivity contribution in [2.24, 2.45) is 0 Å². The maximum atomic E-state index is 11.2. The molecule has 0 saturated heterocycles. The number of aromatic nitrogens is 2. The van der Waals surface area contributed by atoms with Crippen LogP contribution in [0.2, 0.25) is 0 Å². The maximum Gasteiger partial charge on any atom is 0.254 e. The number of rotatable bonds is 1. The Hall–Kier alpha value is -0.390. The topological polar surface area (TPSA) is 34.9 Å². The summed E-state index contributed by atoms with van der Waals surface area (Å²) in [6.45, 7) is 3.93. The quantitative estimate of drug-likeness (QED) is 0.568. The van der Waals surface area contributed by atoms with Gasteiger partial charge in [0.2, 0.25) is 0 Å². The first-order valence-corrected chi connectivity index (χ1v) is 4.44. The van der Waals surface area contributed by atoms with Gasteiger partial charge < -0.3 is 0 Å². The highest BCUT2D eigenvalue weighted by atomic mass is 127. The van der Waals surface area contributed by atoms with Gasteiger partial charge in [-0.1, -0.05) is 0 Å². The molecular weight excluding hydrogens is 255 g/mol. The minimum atomic E-state index is 0.0133. The third-order valence-electron chi connectivity index (χ3n) is 1.35. The molecule has 0 fully saturated rings. The van der Waals surface area contributed by atoms with Crippen LogP contribution >= 0.6 is 22.6 Å². The van der Waals surface area contributed by atoms with E-state index in [0.29, 0.717) is 0 Å². The van der Waals surface area contributed by atoms with Crippen LogP contribution in [0.3, 0.4) is 0 Å². The molecule has 0 aromatic carbocycles. The number of hydrogen-bond acceptors (Lipinski definition) is 2. The van der Waals surface area contributed by atoms with E-state index in [4.69, 9.17) is 0 Å². The van der Waals surface area contributed by atoms with Crippen LogP contribution in [0, 0.1) is 3.83 Å². The van der Waals surface area contributed by atoms with Crippen LogP contribution in [0.5, 0.6) is 0 Å². The predicted octanol–water partition coefficient (Wildman–Crippen LogP) is 1.43. The molecule has 0 aliphatic rings. The summed E-state index contributed by atoms with van der Waals surface area (Å²) in [7, 11) is 0. The first-order chi connectivity index (χ1) is 5.13. The first-order valence-electron chi connectivity index (χ1n) is 3.36. The third-order valence-corrected chi connectivity index (χ3v) is 2.15. The van der Waals surface area contributed by atoms with Gasteiger partial charge in [0, 0.05) is 40.9 Å². The summed E-state index contributed by atoms with van der Waals surface area (Å²) in [6.07, 6.45) is 1.53. The van der Waals surface area contributed by atoms with Gasteiger partial charge in [-0.25, -0.2) is 4.98 Å². The maximum absolute atomic E-state index is 11.2. The second-order valence-corrected chi connectivity index (χ2v) is 3.48. The lowest BCUT2D eigenvalue weighted by Gasteiger charge is -2.09. The van der Waals surface area contributed by atoms with Crippen LogP contribution in [0.1, 0.15) is 19.9 Å². The summed E-state index contributed by atoms with van der Waals surface area (Å²) in [4.78, 5) is 15.2. The monoisotopic (exact) mass is 264 g/mol. The lowest BCUT2D eigenvalue weighted by Crippen LogP contribution is -2.24. The Balaban J connectivity index is 3.33. The lowest BCUT2D eigenvalue weighted by atomic mass is 10.4. The largest absolute Gasteiger partial charge is 0.286 e. The van der Waals surface area contributed by atoms with Crippen LogP contribution in [0.4, 0.5) is 0 Å². The van der Waals surface area contributed by atoms with Gasteiger partial charge in [-0.2, -0.15) is 0 Å². The van der Waals surface area contributed by atoms with Crippen molar-refractivity contribution in [2.75, 3.05) is 0 Å². The molecule has 0 atom stereocenters. The van der Waals surface area contributed by atoms with Crippen molar-refractivity contribution in [3.05, 3.63) is 26.4 Å². The Labute approximate surface area is 78.6 Å². The van der Waals surface area contributed by atoms with Crippen LogP contribution in [-0.4, -0.2) is 9.55 Å². The Morgan fingerprint density at radius 1 is 1.64 bits per heavy atom. The van der Waals surface area contributed by atoms with Crippen molar-refractivity contribution >= 4 is 22.6 Å². The molecular formula is C7H9IN2O. The zero-order valence-corrected chi connectivity index (χ0v) is 8.57. The average molecular weight is 264 g/mol. The van der Waals surface area contributed by atoms with E-state index < -0.39 is 0 Å². The molecule has 0 aliphatic heterocycles. The average Bonchev–Trinajstić information content (AvgIpc) is 1.85. The minimum absolute atomic E-state index is 0.0133. The SMILES string of the molecule is CC(C)n1c(I)nccc1=O. The van der Waals surface area contributed by atoms with E-state index in [1.54, 1.807) is 4.57 Å². The predicted molar refractivity (Wildman–Crippen MR) is 51.6 cm³/mol. The van der Waals surface area contributed by atoms with E-state index >= 15 is 0 Å². The second-order valence-electron chi connectivity index (χ2n) is 2.52. The van der Waals surface area contributed by atoms with Gasteiger partial charge in [-0.3, -0.25) is 9.36 Å². The van der Waals surface area contributed by atoms with Gasteiger partial charge in [-0.05, 0) is 13.8 Å². The highest BCUT2D eigenvalue weighted by Crippen LogP contribution is 2.04. The fourth-order valence-electron chi connectivity index (χ4n) is 0.864. The summed E-state index contributed by atoms with van der Waals surface area (Å²) >= 11 is 2.05. The van der Waals surface area contributed by atoms with Crippen molar-refractivity contribution in [3.8, 4) is 0 Å². The number of hydrogen-bond donors (Lipinski definition) is 0. The third kappa shape index (κ3) is 1.79. The summed E-state index contributed by atoms with van der Waals surface area (Å²) in [6, 6.07) is 1.66. The Morgan fingerprint density at radius 3 is 2.64 bits per heavy atom. The normalized spacial score (nSPS) is 10.5. The van der Waals surface area contributed by atoms with Crippen LogP contribution in [-0.2, 0) is 0 Å². The molecule has 0 unspecified atom stereocenters. The molecule has 0 amide bonds. The molecule has 1 heterocycles. The van der Waals surface area contributed by atoms with Crippen LogP contribution < -0.4 is 5.56 Å². The fraction of sp³-hybridized carbons (Fsp3) is 0.429. The van der Waals surface area contributed by atoms with Crippen LogP contribution in [0.25, 0.3) is 0 Å². The van der Waals surface area contributed by atoms with E-state index in [-0.39, 0.29) is 11.6 Å². The highest BCUT2D eigenvalue weighted by molar-refractivity contribution is 14.1. The fourth-order valence-corrected chi connectivity index (χ4v) is 1.82. The molecule has 0 radical (unpaired) electrons. The van der Waals surface area contributed by atoms with E-state index in [2.05, 4.69) is 27.6 Å². The van der Waals surface area contributed by atoms with Gasteiger partial charge >= 0.3 is 0 Å². The molecule has 1 rings (SSSR count). The molecule has 0 N–H and O–H groups in total. The molecule has 1 aromatic rings. The molecule has 60 valence electrons. The van der Waals surface area contributed by atoms with Gasteiger partial charge in [0.25, 0.3) is 5.56 Å². The zero-order chi connectivity index (χ0) is 8.43. The zero-order valence-electron chi connectivity index (χ0n) is 6.41. The molecule has 4 heteroatoms. The molecule has 1 aromatic heterocycles. The van der Waals surface area contributed by atoms with Crippen molar-refractivity contribution in [3.63, 3.8) is 0 Å².